The summed E-state index contributed by atoms with van der Waals surface area (Å²) in [6.45, 7) is 2.15. The highest BCUT2D eigenvalue weighted by Gasteiger charge is 2.28. The fourth-order valence-corrected chi connectivity index (χ4v) is 4.76. The number of aromatic nitrogens is 1. The average Bonchev–Trinajstić information content (AvgIpc) is 3.36. The Labute approximate surface area is 210 Å². The second-order valence-corrected chi connectivity index (χ2v) is 9.02. The van der Waals surface area contributed by atoms with Crippen LogP contribution in [0, 0.1) is 0 Å². The quantitative estimate of drug-likeness (QED) is 0.191. The van der Waals surface area contributed by atoms with Crippen LogP contribution in [0.1, 0.15) is 24.8 Å². The standard InChI is InChI=1S/C27H32N4O5/c1-33-23-6-5-17-12-22-19-14-25-24(35-16-36-25)13-18(19)7-10-31(22)15-20(17)26(23)34-11-9-30-27(32)21(29)4-2-3-8-28/h5-6,12-15,21H,2-4,7-11,16,28-29H2,1H3. The maximum Gasteiger partial charge on any atom is 0.231 e. The van der Waals surface area contributed by atoms with Crippen LogP contribution in [0.2, 0.25) is 0 Å². The smallest absolute Gasteiger partial charge is 0.231 e. The molecule has 0 saturated carbocycles. The minimum atomic E-state index is -0.590. The molecule has 3 heterocycles. The first kappa shape index (κ1) is 24.1. The molecule has 9 nitrogen and oxygen atoms in total. The van der Waals surface area contributed by atoms with Gasteiger partial charge in [-0.1, -0.05) is 6.42 Å². The Kier molecular flexibility index (Phi) is 7.11. The predicted octanol–water partition coefficient (Wildman–Crippen LogP) is 1.68. The monoisotopic (exact) mass is 492 g/mol. The topological polar surface area (TPSA) is 128 Å². The van der Waals surface area contributed by atoms with Crippen molar-refractivity contribution < 1.29 is 28.6 Å². The van der Waals surface area contributed by atoms with Crippen molar-refractivity contribution in [3.05, 3.63) is 42.1 Å². The summed E-state index contributed by atoms with van der Waals surface area (Å²) in [5, 5.41) is 14.2. The first-order valence-electron chi connectivity index (χ1n) is 12.4. The normalized spacial score (nSPS) is 14.9. The molecule has 1 unspecified atom stereocenters. The molecule has 9 heteroatoms. The molecule has 5 rings (SSSR count). The van der Waals surface area contributed by atoms with Crippen LogP contribution in [-0.4, -0.2) is 45.5 Å². The van der Waals surface area contributed by atoms with Crippen molar-refractivity contribution in [3.63, 3.8) is 0 Å². The number of pyridine rings is 1. The van der Waals surface area contributed by atoms with Crippen molar-refractivity contribution in [3.8, 4) is 34.3 Å². The number of nitrogens with zero attached hydrogens (tertiary/aromatic N) is 2. The summed E-state index contributed by atoms with van der Waals surface area (Å²) in [6, 6.07) is 9.64. The van der Waals surface area contributed by atoms with Crippen LogP contribution in [-0.2, 0) is 13.0 Å². The van der Waals surface area contributed by atoms with E-state index in [0.29, 0.717) is 24.5 Å². The van der Waals surface area contributed by atoms with Crippen LogP contribution in [0.15, 0.2) is 41.5 Å². The van der Waals surface area contributed by atoms with Gasteiger partial charge in [0.05, 0.1) is 24.6 Å². The highest BCUT2D eigenvalue weighted by Crippen LogP contribution is 2.41. The molecule has 190 valence electrons. The number of fused-ring (bicyclic) bond motifs is 5. The lowest BCUT2D eigenvalue weighted by Crippen LogP contribution is -2.40. The van der Waals surface area contributed by atoms with Crippen LogP contribution in [0.3, 0.4) is 0 Å². The van der Waals surface area contributed by atoms with Crippen molar-refractivity contribution in [1.82, 2.24) is 0 Å². The number of hydrogen-bond acceptors (Lipinski definition) is 8. The third-order valence-electron chi connectivity index (χ3n) is 6.69. The van der Waals surface area contributed by atoms with Crippen LogP contribution in [0.5, 0.6) is 23.0 Å². The summed E-state index contributed by atoms with van der Waals surface area (Å²) in [4.78, 5) is 4.09. The summed E-state index contributed by atoms with van der Waals surface area (Å²) in [7, 11) is 1.62. The Morgan fingerprint density at radius 1 is 1.19 bits per heavy atom. The number of ether oxygens (including phenoxy) is 4. The number of aliphatic imine (C=N–C) groups is 1. The van der Waals surface area contributed by atoms with Crippen LogP contribution >= 0.6 is 0 Å². The molecule has 0 fully saturated rings. The molecule has 0 amide bonds. The number of benzene rings is 2. The molecule has 2 aromatic carbocycles. The molecule has 3 aromatic rings. The van der Waals surface area contributed by atoms with E-state index in [4.69, 9.17) is 30.4 Å². The SMILES string of the molecule is COc1ccc2cc3[n+](cc2c1OCCN=C([O-])C(N)CCCCN)CCc1cc2c(cc1-3)OCO2. The van der Waals surface area contributed by atoms with Gasteiger partial charge in [0.1, 0.15) is 6.61 Å². The number of hydrogen-bond donors (Lipinski definition) is 2. The van der Waals surface area contributed by atoms with Crippen molar-refractivity contribution >= 4 is 16.7 Å². The van der Waals surface area contributed by atoms with Gasteiger partial charge < -0.3 is 40.5 Å². The van der Waals surface area contributed by atoms with Gasteiger partial charge in [-0.2, -0.15) is 4.57 Å². The van der Waals surface area contributed by atoms with Gasteiger partial charge in [0.15, 0.2) is 35.7 Å². The average molecular weight is 493 g/mol. The van der Waals surface area contributed by atoms with E-state index in [1.807, 2.05) is 12.1 Å². The molecule has 36 heavy (non-hydrogen) atoms. The van der Waals surface area contributed by atoms with Crippen molar-refractivity contribution in [2.45, 2.75) is 38.3 Å². The van der Waals surface area contributed by atoms with Gasteiger partial charge in [-0.3, -0.25) is 0 Å². The summed E-state index contributed by atoms with van der Waals surface area (Å²) < 4.78 is 25.1. The molecule has 0 saturated heterocycles. The number of methoxy groups -OCH3 is 1. The van der Waals surface area contributed by atoms with Crippen LogP contribution in [0.4, 0.5) is 0 Å². The van der Waals surface area contributed by atoms with Gasteiger partial charge in [-0.15, -0.1) is 0 Å². The van der Waals surface area contributed by atoms with Gasteiger partial charge in [0.25, 0.3) is 0 Å². The minimum absolute atomic E-state index is 0.224. The summed E-state index contributed by atoms with van der Waals surface area (Å²) in [5.74, 6) is 2.55. The van der Waals surface area contributed by atoms with E-state index in [0.717, 1.165) is 59.3 Å². The molecule has 2 aliphatic rings. The number of nitrogens with two attached hydrogens (primary N) is 2. The lowest BCUT2D eigenvalue weighted by atomic mass is 9.95. The zero-order chi connectivity index (χ0) is 25.1. The fourth-order valence-electron chi connectivity index (χ4n) is 4.76. The van der Waals surface area contributed by atoms with E-state index in [9.17, 15) is 5.11 Å². The third kappa shape index (κ3) is 4.76. The maximum atomic E-state index is 12.2. The molecule has 1 aromatic heterocycles. The van der Waals surface area contributed by atoms with Gasteiger partial charge in [-0.25, -0.2) is 0 Å². The Bertz CT molecular complexity index is 1290. The Morgan fingerprint density at radius 3 is 2.83 bits per heavy atom. The number of rotatable bonds is 10. The number of unbranched alkanes of at least 4 members (excludes halogenated alkanes) is 1. The van der Waals surface area contributed by atoms with E-state index >= 15 is 0 Å². The molecule has 0 aliphatic carbocycles. The van der Waals surface area contributed by atoms with Crippen molar-refractivity contribution in [2.75, 3.05) is 33.6 Å². The third-order valence-corrected chi connectivity index (χ3v) is 6.69. The van der Waals surface area contributed by atoms with Crippen molar-refractivity contribution in [2.24, 2.45) is 16.5 Å². The Hall–Kier alpha value is -3.56. The molecule has 0 radical (unpaired) electrons. The maximum absolute atomic E-state index is 12.2. The molecular weight excluding hydrogens is 460 g/mol. The van der Waals surface area contributed by atoms with E-state index in [2.05, 4.69) is 34.0 Å². The lowest BCUT2D eigenvalue weighted by molar-refractivity contribution is -0.686. The molecule has 2 aliphatic heterocycles. The first-order chi connectivity index (χ1) is 17.6. The second-order valence-electron chi connectivity index (χ2n) is 9.02. The van der Waals surface area contributed by atoms with E-state index in [-0.39, 0.29) is 25.8 Å². The largest absolute Gasteiger partial charge is 0.861 e. The highest BCUT2D eigenvalue weighted by molar-refractivity contribution is 5.91. The number of aryl methyl sites for hydroxylation is 2. The minimum Gasteiger partial charge on any atom is -0.861 e. The Morgan fingerprint density at radius 2 is 2.03 bits per heavy atom. The Balaban J connectivity index is 1.38. The highest BCUT2D eigenvalue weighted by atomic mass is 16.7. The molecule has 0 bridgehead atoms. The molecule has 1 atom stereocenters. The fraction of sp³-hybridized carbons (Fsp3) is 0.407. The zero-order valence-electron chi connectivity index (χ0n) is 20.5. The predicted molar refractivity (Wildman–Crippen MR) is 135 cm³/mol. The second kappa shape index (κ2) is 10.6. The summed E-state index contributed by atoms with van der Waals surface area (Å²) in [5.41, 5.74) is 14.9. The first-order valence-corrected chi connectivity index (χ1v) is 12.4. The zero-order valence-corrected chi connectivity index (χ0v) is 20.5. The van der Waals surface area contributed by atoms with Gasteiger partial charge in [0.2, 0.25) is 12.5 Å². The van der Waals surface area contributed by atoms with Crippen molar-refractivity contribution in [1.29, 1.82) is 0 Å². The van der Waals surface area contributed by atoms with Crippen LogP contribution < -0.4 is 40.1 Å². The van der Waals surface area contributed by atoms with Gasteiger partial charge in [0, 0.05) is 18.5 Å². The molecule has 4 N–H and O–H groups in total. The summed E-state index contributed by atoms with van der Waals surface area (Å²) >= 11 is 0. The molecular formula is C27H32N4O5. The van der Waals surface area contributed by atoms with Crippen LogP contribution in [0.25, 0.3) is 22.0 Å². The summed E-state index contributed by atoms with van der Waals surface area (Å²) in [6.07, 6.45) is 5.25. The van der Waals surface area contributed by atoms with E-state index in [1.54, 1.807) is 7.11 Å². The van der Waals surface area contributed by atoms with Gasteiger partial charge >= 0.3 is 0 Å². The van der Waals surface area contributed by atoms with E-state index < -0.39 is 6.04 Å². The van der Waals surface area contributed by atoms with Gasteiger partial charge in [-0.05, 0) is 60.5 Å². The molecule has 0 spiro atoms. The lowest BCUT2D eigenvalue weighted by Gasteiger charge is -2.19. The van der Waals surface area contributed by atoms with E-state index in [1.165, 1.54) is 5.56 Å².